The highest BCUT2D eigenvalue weighted by Gasteiger charge is 2.36. The van der Waals surface area contributed by atoms with Gasteiger partial charge in [-0.3, -0.25) is 9.69 Å². The third-order valence-electron chi connectivity index (χ3n) is 4.73. The molecule has 1 saturated heterocycles. The maximum absolute atomic E-state index is 12.9. The van der Waals surface area contributed by atoms with E-state index in [0.29, 0.717) is 11.5 Å². The molecular formula is C20H24N2O3. The first-order chi connectivity index (χ1) is 12.1. The molecular weight excluding hydrogens is 316 g/mol. The topological polar surface area (TPSA) is 42.0 Å². The highest BCUT2D eigenvalue weighted by atomic mass is 16.5. The number of anilines is 1. The van der Waals surface area contributed by atoms with Crippen molar-refractivity contribution in [3.8, 4) is 11.5 Å². The van der Waals surface area contributed by atoms with Crippen LogP contribution in [-0.4, -0.2) is 44.7 Å². The van der Waals surface area contributed by atoms with Gasteiger partial charge in [0.1, 0.15) is 0 Å². The predicted octanol–water partition coefficient (Wildman–Crippen LogP) is 2.94. The van der Waals surface area contributed by atoms with E-state index in [-0.39, 0.29) is 11.9 Å². The first kappa shape index (κ1) is 17.3. The smallest absolute Gasteiger partial charge is 0.244 e. The van der Waals surface area contributed by atoms with Crippen LogP contribution in [0.5, 0.6) is 11.5 Å². The summed E-state index contributed by atoms with van der Waals surface area (Å²) in [4.78, 5) is 16.8. The first-order valence-electron chi connectivity index (χ1n) is 8.41. The van der Waals surface area contributed by atoms with Gasteiger partial charge < -0.3 is 14.4 Å². The Balaban J connectivity index is 1.70. The molecule has 1 amide bonds. The number of likely N-dealkylation sites (tertiary alicyclic amines) is 1. The van der Waals surface area contributed by atoms with E-state index < -0.39 is 0 Å². The van der Waals surface area contributed by atoms with Crippen molar-refractivity contribution in [1.82, 2.24) is 4.90 Å². The summed E-state index contributed by atoms with van der Waals surface area (Å²) in [5, 5.41) is 0. The lowest BCUT2D eigenvalue weighted by Gasteiger charge is -2.41. The maximum Gasteiger partial charge on any atom is 0.244 e. The number of nitrogens with zero attached hydrogens (tertiary/aromatic N) is 2. The Kier molecular flexibility index (Phi) is 5.24. The zero-order chi connectivity index (χ0) is 17.8. The molecule has 0 aromatic heterocycles. The average Bonchev–Trinajstić information content (AvgIpc) is 2.64. The summed E-state index contributed by atoms with van der Waals surface area (Å²) in [5.41, 5.74) is 2.03. The molecule has 1 unspecified atom stereocenters. The SMILES string of the molecule is COc1ccc(N(C)C(=O)C2CCN2Cc2ccccc2)cc1OC. The summed E-state index contributed by atoms with van der Waals surface area (Å²) < 4.78 is 10.6. The van der Waals surface area contributed by atoms with Gasteiger partial charge >= 0.3 is 0 Å². The van der Waals surface area contributed by atoms with Gasteiger partial charge in [0, 0.05) is 31.9 Å². The van der Waals surface area contributed by atoms with Gasteiger partial charge in [-0.15, -0.1) is 0 Å². The van der Waals surface area contributed by atoms with Crippen molar-refractivity contribution < 1.29 is 14.3 Å². The molecule has 0 bridgehead atoms. The van der Waals surface area contributed by atoms with Crippen LogP contribution in [0.2, 0.25) is 0 Å². The maximum atomic E-state index is 12.9. The van der Waals surface area contributed by atoms with E-state index in [0.717, 1.165) is 25.2 Å². The zero-order valence-corrected chi connectivity index (χ0v) is 14.9. The molecule has 1 fully saturated rings. The summed E-state index contributed by atoms with van der Waals surface area (Å²) >= 11 is 0. The van der Waals surface area contributed by atoms with Crippen molar-refractivity contribution in [1.29, 1.82) is 0 Å². The molecule has 0 spiro atoms. The van der Waals surface area contributed by atoms with Crippen LogP contribution >= 0.6 is 0 Å². The molecule has 3 rings (SSSR count). The summed E-state index contributed by atoms with van der Waals surface area (Å²) in [6.07, 6.45) is 0.892. The number of hydrogen-bond donors (Lipinski definition) is 0. The number of carbonyl (C=O) groups is 1. The zero-order valence-electron chi connectivity index (χ0n) is 14.9. The van der Waals surface area contributed by atoms with Gasteiger partial charge in [-0.1, -0.05) is 30.3 Å². The summed E-state index contributed by atoms with van der Waals surface area (Å²) in [6, 6.07) is 15.7. The Bertz CT molecular complexity index is 733. The van der Waals surface area contributed by atoms with Crippen molar-refractivity contribution in [2.45, 2.75) is 19.0 Å². The standard InChI is InChI=1S/C20H24N2O3/c1-21(16-9-10-18(24-2)19(13-16)25-3)20(23)17-11-12-22(17)14-15-7-5-4-6-8-15/h4-10,13,17H,11-12,14H2,1-3H3. The lowest BCUT2D eigenvalue weighted by atomic mass is 10.00. The minimum absolute atomic E-state index is 0.0710. The lowest BCUT2D eigenvalue weighted by Crippen LogP contribution is -2.55. The summed E-state index contributed by atoms with van der Waals surface area (Å²) in [5.74, 6) is 1.38. The Morgan fingerprint density at radius 3 is 2.44 bits per heavy atom. The number of methoxy groups -OCH3 is 2. The number of hydrogen-bond acceptors (Lipinski definition) is 4. The highest BCUT2D eigenvalue weighted by Crippen LogP contribution is 2.32. The molecule has 25 heavy (non-hydrogen) atoms. The number of amides is 1. The van der Waals surface area contributed by atoms with Crippen LogP contribution < -0.4 is 14.4 Å². The highest BCUT2D eigenvalue weighted by molar-refractivity contribution is 5.97. The number of carbonyl (C=O) groups excluding carboxylic acids is 1. The second-order valence-electron chi connectivity index (χ2n) is 6.20. The number of likely N-dealkylation sites (N-methyl/N-ethyl adjacent to an activating group) is 1. The van der Waals surface area contributed by atoms with E-state index in [2.05, 4.69) is 17.0 Å². The molecule has 0 saturated carbocycles. The van der Waals surface area contributed by atoms with Crippen LogP contribution in [0.3, 0.4) is 0 Å². The van der Waals surface area contributed by atoms with E-state index in [1.807, 2.05) is 43.4 Å². The molecule has 1 aliphatic rings. The van der Waals surface area contributed by atoms with Crippen molar-refractivity contribution >= 4 is 11.6 Å². The minimum Gasteiger partial charge on any atom is -0.493 e. The molecule has 132 valence electrons. The van der Waals surface area contributed by atoms with Crippen LogP contribution in [0.15, 0.2) is 48.5 Å². The monoisotopic (exact) mass is 340 g/mol. The molecule has 1 atom stereocenters. The molecule has 5 heteroatoms. The lowest BCUT2D eigenvalue weighted by molar-refractivity contribution is -0.128. The van der Waals surface area contributed by atoms with Crippen LogP contribution in [0, 0.1) is 0 Å². The van der Waals surface area contributed by atoms with E-state index in [9.17, 15) is 4.79 Å². The minimum atomic E-state index is -0.0710. The number of ether oxygens (including phenoxy) is 2. The number of rotatable bonds is 6. The molecule has 1 heterocycles. The molecule has 5 nitrogen and oxygen atoms in total. The Labute approximate surface area is 148 Å². The number of benzene rings is 2. The predicted molar refractivity (Wildman–Crippen MR) is 98.2 cm³/mol. The van der Waals surface area contributed by atoms with Crippen molar-refractivity contribution in [3.63, 3.8) is 0 Å². The summed E-state index contributed by atoms with van der Waals surface area (Å²) in [6.45, 7) is 1.75. The Morgan fingerprint density at radius 2 is 1.84 bits per heavy atom. The second kappa shape index (κ2) is 7.57. The van der Waals surface area contributed by atoms with Crippen molar-refractivity contribution in [2.24, 2.45) is 0 Å². The molecule has 0 N–H and O–H groups in total. The van der Waals surface area contributed by atoms with Gasteiger partial charge in [-0.05, 0) is 24.1 Å². The fraction of sp³-hybridized carbons (Fsp3) is 0.350. The Morgan fingerprint density at radius 1 is 1.12 bits per heavy atom. The molecule has 0 radical (unpaired) electrons. The third kappa shape index (κ3) is 3.61. The third-order valence-corrected chi connectivity index (χ3v) is 4.73. The van der Waals surface area contributed by atoms with Gasteiger partial charge in [0.15, 0.2) is 11.5 Å². The van der Waals surface area contributed by atoms with Gasteiger partial charge in [0.2, 0.25) is 5.91 Å². The second-order valence-corrected chi connectivity index (χ2v) is 6.20. The summed E-state index contributed by atoms with van der Waals surface area (Å²) in [7, 11) is 5.00. The normalized spacial score (nSPS) is 16.8. The fourth-order valence-electron chi connectivity index (χ4n) is 3.11. The average molecular weight is 340 g/mol. The first-order valence-corrected chi connectivity index (χ1v) is 8.41. The van der Waals surface area contributed by atoms with Crippen LogP contribution in [-0.2, 0) is 11.3 Å². The van der Waals surface area contributed by atoms with E-state index in [1.54, 1.807) is 19.1 Å². The molecule has 2 aromatic carbocycles. The van der Waals surface area contributed by atoms with E-state index in [1.165, 1.54) is 5.56 Å². The molecule has 0 aliphatic carbocycles. The van der Waals surface area contributed by atoms with Crippen molar-refractivity contribution in [2.75, 3.05) is 32.7 Å². The quantitative estimate of drug-likeness (QED) is 0.811. The Hall–Kier alpha value is -2.53. The van der Waals surface area contributed by atoms with Gasteiger partial charge in [-0.2, -0.15) is 0 Å². The van der Waals surface area contributed by atoms with E-state index >= 15 is 0 Å². The van der Waals surface area contributed by atoms with E-state index in [4.69, 9.17) is 9.47 Å². The molecule has 1 aliphatic heterocycles. The fourth-order valence-corrected chi connectivity index (χ4v) is 3.11. The van der Waals surface area contributed by atoms with Crippen LogP contribution in [0.1, 0.15) is 12.0 Å². The van der Waals surface area contributed by atoms with Gasteiger partial charge in [0.25, 0.3) is 0 Å². The van der Waals surface area contributed by atoms with Gasteiger partial charge in [-0.25, -0.2) is 0 Å². The van der Waals surface area contributed by atoms with Gasteiger partial charge in [0.05, 0.1) is 20.3 Å². The molecule has 2 aromatic rings. The van der Waals surface area contributed by atoms with Crippen molar-refractivity contribution in [3.05, 3.63) is 54.1 Å². The van der Waals surface area contributed by atoms with Crippen LogP contribution in [0.4, 0.5) is 5.69 Å². The largest absolute Gasteiger partial charge is 0.493 e. The van der Waals surface area contributed by atoms with Crippen LogP contribution in [0.25, 0.3) is 0 Å².